The number of halogens is 3. The Hall–Kier alpha value is -3.95. The molecule has 1 N–H and O–H groups in total. The van der Waals surface area contributed by atoms with Crippen LogP contribution in [0.3, 0.4) is 0 Å². The predicted octanol–water partition coefficient (Wildman–Crippen LogP) is 3.98. The summed E-state index contributed by atoms with van der Waals surface area (Å²) in [5.41, 5.74) is 0.0904. The number of aliphatic imine (C=N–C) groups is 1. The second-order valence-corrected chi connectivity index (χ2v) is 6.21. The van der Waals surface area contributed by atoms with E-state index in [2.05, 4.69) is 15.2 Å². The van der Waals surface area contributed by atoms with Crippen LogP contribution in [-0.2, 0) is 16.1 Å². The maximum absolute atomic E-state index is 14.0. The molecule has 3 aromatic rings. The van der Waals surface area contributed by atoms with Gasteiger partial charge in [0.25, 0.3) is 0 Å². The third-order valence-corrected chi connectivity index (χ3v) is 4.09. The van der Waals surface area contributed by atoms with E-state index in [1.54, 1.807) is 36.7 Å². The number of carbonyl (C=O) groups excluding carboxylic acids is 1. The van der Waals surface area contributed by atoms with Crippen molar-refractivity contribution in [1.82, 2.24) is 15.0 Å². The lowest BCUT2D eigenvalue weighted by molar-refractivity contribution is -0.137. The molecule has 7 nitrogen and oxygen atoms in total. The highest BCUT2D eigenvalue weighted by Crippen LogP contribution is 2.23. The zero-order chi connectivity index (χ0) is 22.4. The van der Waals surface area contributed by atoms with E-state index >= 15 is 0 Å². The maximum atomic E-state index is 14.0. The van der Waals surface area contributed by atoms with E-state index < -0.39 is 40.3 Å². The van der Waals surface area contributed by atoms with Crippen molar-refractivity contribution in [1.29, 1.82) is 0 Å². The number of benzene rings is 2. The van der Waals surface area contributed by atoms with Crippen LogP contribution in [0.1, 0.15) is 18.1 Å². The maximum Gasteiger partial charge on any atom is 0.343 e. The number of esters is 1. The van der Waals surface area contributed by atoms with Crippen molar-refractivity contribution in [2.24, 2.45) is 4.99 Å². The zero-order valence-electron chi connectivity index (χ0n) is 16.3. The predicted molar refractivity (Wildman–Crippen MR) is 106 cm³/mol. The molecule has 0 aliphatic rings. The second-order valence-electron chi connectivity index (χ2n) is 6.21. The zero-order valence-corrected chi connectivity index (χ0v) is 16.3. The second kappa shape index (κ2) is 9.70. The van der Waals surface area contributed by atoms with Gasteiger partial charge in [0.05, 0.1) is 36.8 Å². The fraction of sp³-hybridized carbons (Fsp3) is 0.143. The van der Waals surface area contributed by atoms with Crippen molar-refractivity contribution in [3.05, 3.63) is 82.9 Å². The Morgan fingerprint density at radius 1 is 1.10 bits per heavy atom. The summed E-state index contributed by atoms with van der Waals surface area (Å²) in [4.78, 5) is 17.8. The molecule has 0 aliphatic carbocycles. The Morgan fingerprint density at radius 3 is 2.39 bits per heavy atom. The fourth-order valence-corrected chi connectivity index (χ4v) is 2.58. The minimum Gasteiger partial charge on any atom is -0.506 e. The summed E-state index contributed by atoms with van der Waals surface area (Å²) in [6.07, 6.45) is 4.09. The Kier molecular flexibility index (Phi) is 6.81. The molecule has 0 radical (unpaired) electrons. The van der Waals surface area contributed by atoms with Crippen LogP contribution in [0, 0.1) is 17.5 Å². The van der Waals surface area contributed by atoms with E-state index in [1.165, 1.54) is 11.7 Å². The highest BCUT2D eigenvalue weighted by molar-refractivity contribution is 6.15. The van der Waals surface area contributed by atoms with Crippen LogP contribution in [0.25, 0.3) is 5.76 Å². The molecule has 0 amide bonds. The molecular weight excluding hydrogens is 413 g/mol. The van der Waals surface area contributed by atoms with Crippen molar-refractivity contribution in [2.75, 3.05) is 6.61 Å². The summed E-state index contributed by atoms with van der Waals surface area (Å²) >= 11 is 0. The van der Waals surface area contributed by atoms with Crippen LogP contribution in [0.5, 0.6) is 0 Å². The van der Waals surface area contributed by atoms with Crippen molar-refractivity contribution < 1.29 is 27.8 Å². The van der Waals surface area contributed by atoms with Crippen LogP contribution in [0.2, 0.25) is 0 Å². The van der Waals surface area contributed by atoms with E-state index in [4.69, 9.17) is 4.74 Å². The molecule has 31 heavy (non-hydrogen) atoms. The molecule has 0 atom stereocenters. The lowest BCUT2D eigenvalue weighted by atomic mass is 10.1. The molecular formula is C21H17F3N4O3. The molecule has 3 rings (SSSR count). The van der Waals surface area contributed by atoms with E-state index in [0.29, 0.717) is 18.3 Å². The van der Waals surface area contributed by atoms with E-state index in [0.717, 1.165) is 11.8 Å². The highest BCUT2D eigenvalue weighted by Gasteiger charge is 2.21. The number of nitrogens with zero attached hydrogens (tertiary/aromatic N) is 4. The molecule has 2 aromatic carbocycles. The summed E-state index contributed by atoms with van der Waals surface area (Å²) in [6.45, 7) is 1.95. The Morgan fingerprint density at radius 2 is 1.74 bits per heavy atom. The normalized spacial score (nSPS) is 12.1. The van der Waals surface area contributed by atoms with Crippen molar-refractivity contribution in [2.45, 2.75) is 13.5 Å². The van der Waals surface area contributed by atoms with Gasteiger partial charge in [-0.15, -0.1) is 0 Å². The number of rotatable bonds is 7. The topological polar surface area (TPSA) is 89.6 Å². The van der Waals surface area contributed by atoms with Crippen molar-refractivity contribution in [3.8, 4) is 0 Å². The monoisotopic (exact) mass is 430 g/mol. The number of aliphatic hydroxyl groups excluding tert-OH is 1. The van der Waals surface area contributed by atoms with Crippen LogP contribution < -0.4 is 0 Å². The molecule has 0 spiro atoms. The molecule has 160 valence electrons. The van der Waals surface area contributed by atoms with Crippen LogP contribution >= 0.6 is 0 Å². The lowest BCUT2D eigenvalue weighted by Gasteiger charge is -2.08. The summed E-state index contributed by atoms with van der Waals surface area (Å²) in [5.74, 6) is -5.99. The van der Waals surface area contributed by atoms with Gasteiger partial charge in [-0.1, -0.05) is 12.1 Å². The first kappa shape index (κ1) is 21.8. The van der Waals surface area contributed by atoms with Gasteiger partial charge in [0.15, 0.2) is 11.6 Å². The Balaban J connectivity index is 1.90. The molecule has 0 fully saturated rings. The summed E-state index contributed by atoms with van der Waals surface area (Å²) in [5, 5.41) is 18.4. The van der Waals surface area contributed by atoms with E-state index in [1.807, 2.05) is 0 Å². The van der Waals surface area contributed by atoms with Gasteiger partial charge in [0.1, 0.15) is 17.1 Å². The molecule has 1 heterocycles. The minimum atomic E-state index is -1.43. The van der Waals surface area contributed by atoms with Crippen LogP contribution in [0.15, 0.2) is 59.4 Å². The number of hydrogen-bond acceptors (Lipinski definition) is 6. The highest BCUT2D eigenvalue weighted by atomic mass is 19.2. The third-order valence-electron chi connectivity index (χ3n) is 4.09. The van der Waals surface area contributed by atoms with Gasteiger partial charge < -0.3 is 9.84 Å². The van der Waals surface area contributed by atoms with Gasteiger partial charge in [0.2, 0.25) is 0 Å². The molecule has 0 saturated carbocycles. The van der Waals surface area contributed by atoms with Crippen LogP contribution in [-0.4, -0.2) is 38.9 Å². The first-order chi connectivity index (χ1) is 14.9. The first-order valence-electron chi connectivity index (χ1n) is 9.11. The van der Waals surface area contributed by atoms with Gasteiger partial charge in [-0.3, -0.25) is 4.99 Å². The number of aromatic nitrogens is 3. The van der Waals surface area contributed by atoms with Gasteiger partial charge in [-0.25, -0.2) is 18.0 Å². The van der Waals surface area contributed by atoms with Gasteiger partial charge in [-0.05, 0) is 30.7 Å². The molecule has 10 heteroatoms. The average molecular weight is 430 g/mol. The smallest absolute Gasteiger partial charge is 0.343 e. The SMILES string of the molecule is CCOC(=O)C(C=Nc1ccc(Cn2nccn2)cc1)=C(O)c1cc(F)c(F)cc1F. The number of carbonyl (C=O) groups is 1. The van der Waals surface area contributed by atoms with E-state index in [9.17, 15) is 23.1 Å². The molecule has 0 unspecified atom stereocenters. The Bertz CT molecular complexity index is 1130. The summed E-state index contributed by atoms with van der Waals surface area (Å²) in [6, 6.07) is 7.54. The van der Waals surface area contributed by atoms with Crippen molar-refractivity contribution in [3.63, 3.8) is 0 Å². The Labute approximate surface area is 175 Å². The fourth-order valence-electron chi connectivity index (χ4n) is 2.58. The lowest BCUT2D eigenvalue weighted by Crippen LogP contribution is -2.12. The van der Waals surface area contributed by atoms with Gasteiger partial charge in [0, 0.05) is 12.3 Å². The average Bonchev–Trinajstić information content (AvgIpc) is 3.25. The van der Waals surface area contributed by atoms with E-state index in [-0.39, 0.29) is 12.7 Å². The van der Waals surface area contributed by atoms with Crippen molar-refractivity contribution >= 4 is 23.6 Å². The molecule has 0 saturated heterocycles. The minimum absolute atomic E-state index is 0.0279. The van der Waals surface area contributed by atoms with Gasteiger partial charge in [-0.2, -0.15) is 15.0 Å². The standard InChI is InChI=1S/C21H17F3N4O3/c1-2-31-21(30)16(20(29)15-9-18(23)19(24)10-17(15)22)11-25-14-5-3-13(4-6-14)12-28-26-7-8-27-28/h3-11,29H,2,12H2,1H3. The van der Waals surface area contributed by atoms with Crippen LogP contribution in [0.4, 0.5) is 18.9 Å². The molecule has 0 aliphatic heterocycles. The quantitative estimate of drug-likeness (QED) is 0.201. The summed E-state index contributed by atoms with van der Waals surface area (Å²) < 4.78 is 45.6. The largest absolute Gasteiger partial charge is 0.506 e. The number of aliphatic hydroxyl groups is 1. The van der Waals surface area contributed by atoms with Gasteiger partial charge >= 0.3 is 5.97 Å². The molecule has 0 bridgehead atoms. The number of ether oxygens (including phenoxy) is 1. The first-order valence-corrected chi connectivity index (χ1v) is 9.11. The summed E-state index contributed by atoms with van der Waals surface area (Å²) in [7, 11) is 0. The third kappa shape index (κ3) is 5.35. The number of hydrogen-bond donors (Lipinski definition) is 1. The molecule has 1 aromatic heterocycles.